The summed E-state index contributed by atoms with van der Waals surface area (Å²) in [5.41, 5.74) is 0. The molecule has 0 N–H and O–H groups in total. The number of rotatable bonds is 7. The molecule has 106 valence electrons. The lowest BCUT2D eigenvalue weighted by Crippen LogP contribution is -2.28. The summed E-state index contributed by atoms with van der Waals surface area (Å²) in [4.78, 5) is 2.17. The molecule has 0 saturated heterocycles. The Morgan fingerprint density at radius 3 is 2.16 bits per heavy atom. The van der Waals surface area contributed by atoms with Crippen molar-refractivity contribution in [1.82, 2.24) is 4.90 Å². The van der Waals surface area contributed by atoms with Gasteiger partial charge in [0.05, 0.1) is 6.20 Å². The first-order valence-corrected chi connectivity index (χ1v) is 10.2. The van der Waals surface area contributed by atoms with Crippen LogP contribution in [0.5, 0.6) is 5.75 Å². The maximum absolute atomic E-state index is 6.01. The maximum Gasteiger partial charge on any atom is 0.287 e. The van der Waals surface area contributed by atoms with Crippen molar-refractivity contribution in [2.24, 2.45) is 0 Å². The van der Waals surface area contributed by atoms with Crippen LogP contribution in [-0.2, 0) is 4.43 Å². The molecule has 3 nitrogen and oxygen atoms in total. The molecule has 0 unspecified atom stereocenters. The van der Waals surface area contributed by atoms with E-state index in [-0.39, 0.29) is 0 Å². The van der Waals surface area contributed by atoms with E-state index in [0.717, 1.165) is 18.8 Å². The van der Waals surface area contributed by atoms with E-state index < -0.39 is 8.32 Å². The lowest BCUT2D eigenvalue weighted by atomic mass is 10.3. The van der Waals surface area contributed by atoms with E-state index in [1.54, 1.807) is 0 Å². The zero-order valence-corrected chi connectivity index (χ0v) is 13.6. The van der Waals surface area contributed by atoms with E-state index in [4.69, 9.17) is 9.16 Å². The van der Waals surface area contributed by atoms with E-state index in [2.05, 4.69) is 38.4 Å². The Hall–Kier alpha value is -1.42. The highest BCUT2D eigenvalue weighted by molar-refractivity contribution is 6.70. The fourth-order valence-corrected chi connectivity index (χ4v) is 2.23. The third-order valence-corrected chi connectivity index (χ3v) is 3.28. The molecule has 0 radical (unpaired) electrons. The summed E-state index contributed by atoms with van der Waals surface area (Å²) in [7, 11) is -1.69. The highest BCUT2D eigenvalue weighted by atomic mass is 28.4. The first kappa shape index (κ1) is 15.6. The largest absolute Gasteiger partial charge is 0.518 e. The lowest BCUT2D eigenvalue weighted by Gasteiger charge is -2.24. The predicted molar refractivity (Wildman–Crippen MR) is 82.5 cm³/mol. The Labute approximate surface area is 118 Å². The predicted octanol–water partition coefficient (Wildman–Crippen LogP) is 4.06. The van der Waals surface area contributed by atoms with Crippen LogP contribution in [0.3, 0.4) is 0 Å². The molecule has 0 heterocycles. The highest BCUT2D eigenvalue weighted by Gasteiger charge is 2.19. The van der Waals surface area contributed by atoms with Crippen LogP contribution >= 0.6 is 0 Å². The Balaban J connectivity index is 2.86. The normalized spacial score (nSPS) is 12.2. The van der Waals surface area contributed by atoms with Crippen LogP contribution in [0, 0.1) is 0 Å². The van der Waals surface area contributed by atoms with E-state index in [1.807, 2.05) is 36.5 Å². The molecule has 0 bridgehead atoms. The molecule has 4 heteroatoms. The van der Waals surface area contributed by atoms with E-state index >= 15 is 0 Å². The molecule has 0 saturated carbocycles. The van der Waals surface area contributed by atoms with Crippen molar-refractivity contribution in [3.8, 4) is 5.75 Å². The number of para-hydroxylation sites is 1. The van der Waals surface area contributed by atoms with Crippen molar-refractivity contribution >= 4 is 8.32 Å². The fraction of sp³-hybridized carbons (Fsp3) is 0.467. The number of benzene rings is 1. The van der Waals surface area contributed by atoms with Gasteiger partial charge < -0.3 is 14.1 Å². The van der Waals surface area contributed by atoms with Gasteiger partial charge in [-0.3, -0.25) is 0 Å². The molecule has 0 fully saturated rings. The second kappa shape index (κ2) is 7.24. The van der Waals surface area contributed by atoms with Crippen molar-refractivity contribution in [3.05, 3.63) is 42.5 Å². The van der Waals surface area contributed by atoms with Gasteiger partial charge in [0.2, 0.25) is 8.32 Å². The molecule has 0 aliphatic rings. The lowest BCUT2D eigenvalue weighted by molar-refractivity contribution is 0.205. The zero-order chi connectivity index (χ0) is 14.3. The first-order chi connectivity index (χ1) is 8.94. The number of nitrogens with zero attached hydrogens (tertiary/aromatic N) is 1. The van der Waals surface area contributed by atoms with Crippen LogP contribution in [0.15, 0.2) is 42.5 Å². The van der Waals surface area contributed by atoms with Gasteiger partial charge in [-0.05, 0) is 45.6 Å². The molecule has 0 aliphatic carbocycles. The second-order valence-electron chi connectivity index (χ2n) is 5.30. The van der Waals surface area contributed by atoms with Gasteiger partial charge in [-0.25, -0.2) is 0 Å². The molecule has 0 atom stereocenters. The Morgan fingerprint density at radius 2 is 1.68 bits per heavy atom. The third kappa shape index (κ3) is 6.34. The smallest absolute Gasteiger partial charge is 0.287 e. The van der Waals surface area contributed by atoms with E-state index in [1.165, 1.54) is 0 Å². The second-order valence-corrected chi connectivity index (χ2v) is 9.73. The standard InChI is InChI=1S/C15H25NO2Si/c1-6-16(7-2)13-15(18-19(3,4)5)17-14-11-9-8-10-12-14/h8-13H,6-7H2,1-5H3/b15-13+. The summed E-state index contributed by atoms with van der Waals surface area (Å²) in [5, 5.41) is 0. The number of ether oxygens (including phenoxy) is 1. The SMILES string of the molecule is CCN(/C=C(\Oc1ccccc1)O[Si](C)(C)C)CC. The average Bonchev–Trinajstić information content (AvgIpc) is 2.35. The monoisotopic (exact) mass is 279 g/mol. The third-order valence-electron chi connectivity index (χ3n) is 2.47. The minimum absolute atomic E-state index is 0.592. The first-order valence-electron chi connectivity index (χ1n) is 6.82. The van der Waals surface area contributed by atoms with Gasteiger partial charge in [-0.2, -0.15) is 0 Å². The molecular weight excluding hydrogens is 254 g/mol. The van der Waals surface area contributed by atoms with Crippen molar-refractivity contribution in [2.75, 3.05) is 13.1 Å². The van der Waals surface area contributed by atoms with Gasteiger partial charge in [0.15, 0.2) is 0 Å². The van der Waals surface area contributed by atoms with Crippen molar-refractivity contribution in [3.63, 3.8) is 0 Å². The molecular formula is C15H25NO2Si. The van der Waals surface area contributed by atoms with Crippen molar-refractivity contribution < 1.29 is 9.16 Å². The van der Waals surface area contributed by atoms with Gasteiger partial charge in [0.25, 0.3) is 5.95 Å². The molecule has 0 aliphatic heterocycles. The zero-order valence-electron chi connectivity index (χ0n) is 12.6. The van der Waals surface area contributed by atoms with Crippen molar-refractivity contribution in [1.29, 1.82) is 0 Å². The Kier molecular flexibility index (Phi) is 5.95. The van der Waals surface area contributed by atoms with Crippen LogP contribution in [0.1, 0.15) is 13.8 Å². The van der Waals surface area contributed by atoms with Crippen LogP contribution in [0.4, 0.5) is 0 Å². The van der Waals surface area contributed by atoms with Crippen LogP contribution < -0.4 is 4.74 Å². The molecule has 0 amide bonds. The molecule has 0 aromatic heterocycles. The van der Waals surface area contributed by atoms with Gasteiger partial charge in [0, 0.05) is 13.1 Å². The molecule has 1 rings (SSSR count). The Bertz CT molecular complexity index is 394. The average molecular weight is 279 g/mol. The molecule has 0 spiro atoms. The van der Waals surface area contributed by atoms with Gasteiger partial charge >= 0.3 is 0 Å². The topological polar surface area (TPSA) is 21.7 Å². The quantitative estimate of drug-likeness (QED) is 0.555. The van der Waals surface area contributed by atoms with Crippen LogP contribution in [0.2, 0.25) is 19.6 Å². The summed E-state index contributed by atoms with van der Waals surface area (Å²) >= 11 is 0. The summed E-state index contributed by atoms with van der Waals surface area (Å²) in [6.07, 6.45) is 1.96. The minimum atomic E-state index is -1.69. The summed E-state index contributed by atoms with van der Waals surface area (Å²) in [6.45, 7) is 12.6. The fourth-order valence-electron chi connectivity index (χ4n) is 1.54. The van der Waals surface area contributed by atoms with Crippen molar-refractivity contribution in [2.45, 2.75) is 33.5 Å². The van der Waals surface area contributed by atoms with Gasteiger partial charge in [-0.1, -0.05) is 18.2 Å². The maximum atomic E-state index is 6.01. The molecule has 19 heavy (non-hydrogen) atoms. The minimum Gasteiger partial charge on any atom is -0.518 e. The molecule has 1 aromatic carbocycles. The summed E-state index contributed by atoms with van der Waals surface area (Å²) in [6, 6.07) is 9.76. The van der Waals surface area contributed by atoms with Crippen LogP contribution in [0.25, 0.3) is 0 Å². The number of hydrogen-bond donors (Lipinski definition) is 0. The Morgan fingerprint density at radius 1 is 1.11 bits per heavy atom. The highest BCUT2D eigenvalue weighted by Crippen LogP contribution is 2.18. The van der Waals surface area contributed by atoms with E-state index in [9.17, 15) is 0 Å². The van der Waals surface area contributed by atoms with Gasteiger partial charge in [0.1, 0.15) is 5.75 Å². The number of hydrogen-bond acceptors (Lipinski definition) is 3. The molecule has 1 aromatic rings. The summed E-state index contributed by atoms with van der Waals surface area (Å²) in [5.74, 6) is 1.40. The van der Waals surface area contributed by atoms with Gasteiger partial charge in [-0.15, -0.1) is 0 Å². The summed E-state index contributed by atoms with van der Waals surface area (Å²) < 4.78 is 11.9. The van der Waals surface area contributed by atoms with E-state index in [0.29, 0.717) is 5.95 Å². The van der Waals surface area contributed by atoms with Crippen LogP contribution in [-0.4, -0.2) is 26.3 Å².